The molecule has 9 nitrogen and oxygen atoms in total. The Bertz CT molecular complexity index is 1690. The molecule has 1 N–H and O–H groups in total. The molecule has 9 heteroatoms. The number of nitrogens with zero attached hydrogens (tertiary/aromatic N) is 2. The van der Waals surface area contributed by atoms with Crippen molar-refractivity contribution < 1.29 is 28.2 Å². The van der Waals surface area contributed by atoms with Crippen molar-refractivity contribution in [1.82, 2.24) is 0 Å². The summed E-state index contributed by atoms with van der Waals surface area (Å²) >= 11 is 0. The van der Waals surface area contributed by atoms with Crippen LogP contribution >= 0.6 is 0 Å². The van der Waals surface area contributed by atoms with Gasteiger partial charge in [-0.2, -0.15) is 0 Å². The lowest BCUT2D eigenvalue weighted by Crippen LogP contribution is -2.34. The summed E-state index contributed by atoms with van der Waals surface area (Å²) < 4.78 is 28.2. The summed E-state index contributed by atoms with van der Waals surface area (Å²) in [6.45, 7) is 2.11. The highest BCUT2D eigenvalue weighted by molar-refractivity contribution is 6.06. The van der Waals surface area contributed by atoms with Gasteiger partial charge in [0.25, 0.3) is 5.91 Å². The van der Waals surface area contributed by atoms with E-state index in [2.05, 4.69) is 16.3 Å². The molecule has 3 heterocycles. The van der Waals surface area contributed by atoms with Crippen molar-refractivity contribution in [3.63, 3.8) is 0 Å². The maximum absolute atomic E-state index is 13.8. The van der Waals surface area contributed by atoms with Gasteiger partial charge in [0.05, 0.1) is 34.1 Å². The summed E-state index contributed by atoms with van der Waals surface area (Å²) in [7, 11) is 6.29. The highest BCUT2D eigenvalue weighted by atomic mass is 16.5. The molecule has 0 bridgehead atoms. The van der Waals surface area contributed by atoms with E-state index in [-0.39, 0.29) is 11.5 Å². The zero-order valence-electron chi connectivity index (χ0n) is 23.7. The number of benzene rings is 3. The molecule has 1 amide bonds. The molecular weight excluding hydrogens is 522 g/mol. The number of carbonyl (C=O) groups is 1. The highest BCUT2D eigenvalue weighted by Gasteiger charge is 2.27. The van der Waals surface area contributed by atoms with E-state index in [9.17, 15) is 4.79 Å². The summed E-state index contributed by atoms with van der Waals surface area (Å²) in [5.41, 5.74) is 6.16. The van der Waals surface area contributed by atoms with Gasteiger partial charge in [0.15, 0.2) is 11.5 Å². The van der Waals surface area contributed by atoms with Crippen LogP contribution in [0.4, 0.5) is 17.1 Å². The smallest absolute Gasteiger partial charge is 0.261 e. The molecule has 1 aromatic heterocycles. The summed E-state index contributed by atoms with van der Waals surface area (Å²) in [4.78, 5) is 21.1. The summed E-state index contributed by atoms with van der Waals surface area (Å²) in [6, 6.07) is 14.6. The molecule has 0 saturated carbocycles. The van der Waals surface area contributed by atoms with Crippen molar-refractivity contribution >= 4 is 33.9 Å². The van der Waals surface area contributed by atoms with Crippen LogP contribution in [0.1, 0.15) is 34.3 Å². The average molecular weight is 556 g/mol. The normalized spacial score (nSPS) is 14.4. The summed E-state index contributed by atoms with van der Waals surface area (Å²) in [5.74, 6) is 1.89. The van der Waals surface area contributed by atoms with Crippen molar-refractivity contribution in [1.29, 1.82) is 0 Å². The van der Waals surface area contributed by atoms with Gasteiger partial charge in [-0.3, -0.25) is 4.79 Å². The van der Waals surface area contributed by atoms with Gasteiger partial charge in [-0.05, 0) is 55.5 Å². The standard InChI is InChI=1S/C32H33N3O6/c1-37-23-15-22(16-24(18-23)38-2)34-32-26(31(36)33-21-9-10-27(39-3)28(17-21)40-4)14-20-13-19-7-5-11-35-12-6-8-25(29(19)35)30(20)41-32/h9-10,13-18H,5-8,11-12H2,1-4H3,(H,33,36). The minimum Gasteiger partial charge on any atom is -0.497 e. The van der Waals surface area contributed by atoms with Crippen LogP contribution in [0.5, 0.6) is 23.0 Å². The molecule has 212 valence electrons. The van der Waals surface area contributed by atoms with Gasteiger partial charge in [-0.1, -0.05) is 0 Å². The van der Waals surface area contributed by atoms with E-state index in [0.29, 0.717) is 39.9 Å². The third-order valence-electron chi connectivity index (χ3n) is 7.68. The van der Waals surface area contributed by atoms with E-state index in [1.54, 1.807) is 64.8 Å². The molecule has 0 aliphatic carbocycles. The molecule has 41 heavy (non-hydrogen) atoms. The lowest BCUT2D eigenvalue weighted by atomic mass is 9.90. The second kappa shape index (κ2) is 11.1. The third kappa shape index (κ3) is 5.03. The van der Waals surface area contributed by atoms with Crippen LogP contribution in [0.15, 0.2) is 57.9 Å². The van der Waals surface area contributed by atoms with Crippen LogP contribution in [-0.4, -0.2) is 47.4 Å². The number of methoxy groups -OCH3 is 4. The second-order valence-corrected chi connectivity index (χ2v) is 10.1. The van der Waals surface area contributed by atoms with Crippen molar-refractivity contribution in [2.24, 2.45) is 4.99 Å². The monoisotopic (exact) mass is 555 g/mol. The Morgan fingerprint density at radius 3 is 2.29 bits per heavy atom. The van der Waals surface area contributed by atoms with Crippen molar-refractivity contribution in [2.75, 3.05) is 51.7 Å². The van der Waals surface area contributed by atoms with E-state index in [1.165, 1.54) is 16.8 Å². The fraction of sp³-hybridized carbons (Fsp3) is 0.312. The predicted molar refractivity (Wildman–Crippen MR) is 157 cm³/mol. The number of aryl methyl sites for hydroxylation is 2. The van der Waals surface area contributed by atoms with Gasteiger partial charge >= 0.3 is 0 Å². The largest absolute Gasteiger partial charge is 0.497 e. The van der Waals surface area contributed by atoms with Crippen LogP contribution in [0.25, 0.3) is 11.0 Å². The number of ether oxygens (including phenoxy) is 4. The molecule has 4 aromatic rings. The van der Waals surface area contributed by atoms with Crippen molar-refractivity contribution in [2.45, 2.75) is 25.7 Å². The Morgan fingerprint density at radius 2 is 1.59 bits per heavy atom. The first-order valence-corrected chi connectivity index (χ1v) is 13.7. The fourth-order valence-corrected chi connectivity index (χ4v) is 5.79. The fourth-order valence-electron chi connectivity index (χ4n) is 5.79. The van der Waals surface area contributed by atoms with Crippen LogP contribution in [-0.2, 0) is 12.8 Å². The maximum Gasteiger partial charge on any atom is 0.261 e. The highest BCUT2D eigenvalue weighted by Crippen LogP contribution is 2.40. The first-order valence-electron chi connectivity index (χ1n) is 13.7. The molecular formula is C32H33N3O6. The topological polar surface area (TPSA) is 94.8 Å². The van der Waals surface area contributed by atoms with Gasteiger partial charge in [-0.15, -0.1) is 0 Å². The number of rotatable bonds is 7. The van der Waals surface area contributed by atoms with E-state index >= 15 is 0 Å². The minimum atomic E-state index is -0.357. The average Bonchev–Trinajstić information content (AvgIpc) is 3.01. The van der Waals surface area contributed by atoms with Crippen molar-refractivity contribution in [3.8, 4) is 23.0 Å². The zero-order chi connectivity index (χ0) is 28.5. The lowest BCUT2D eigenvalue weighted by Gasteiger charge is -2.37. The molecule has 2 aliphatic rings. The molecule has 0 fully saturated rings. The Labute approximate surface area is 238 Å². The molecule has 0 radical (unpaired) electrons. The summed E-state index contributed by atoms with van der Waals surface area (Å²) in [5, 5.41) is 3.87. The number of carbonyl (C=O) groups excluding carboxylic acids is 1. The number of nitrogens with one attached hydrogen (secondary N) is 1. The molecule has 0 saturated heterocycles. The molecule has 0 atom stereocenters. The molecule has 0 unspecified atom stereocenters. The molecule has 3 aromatic carbocycles. The number of anilines is 2. The van der Waals surface area contributed by atoms with E-state index in [0.717, 1.165) is 49.7 Å². The SMILES string of the molecule is COc1cc(N=c2oc3c4c5c(cc3cc2C(=O)Nc2ccc(OC)c(OC)c2)CCCN5CCC4)cc(OC)c1. The van der Waals surface area contributed by atoms with Gasteiger partial charge in [0, 0.05) is 59.7 Å². The van der Waals surface area contributed by atoms with Crippen LogP contribution in [0.3, 0.4) is 0 Å². The van der Waals surface area contributed by atoms with Gasteiger partial charge < -0.3 is 33.6 Å². The first kappa shape index (κ1) is 26.6. The quantitative estimate of drug-likeness (QED) is 0.315. The third-order valence-corrected chi connectivity index (χ3v) is 7.68. The number of hydrogen-bond acceptors (Lipinski definition) is 8. The number of fused-ring (bicyclic) bond motifs is 2. The second-order valence-electron chi connectivity index (χ2n) is 10.1. The molecule has 2 aliphatic heterocycles. The Balaban J connectivity index is 1.53. The Morgan fingerprint density at radius 1 is 0.854 bits per heavy atom. The molecule has 6 rings (SSSR count). The van der Waals surface area contributed by atoms with E-state index in [4.69, 9.17) is 28.4 Å². The van der Waals surface area contributed by atoms with Crippen LogP contribution in [0, 0.1) is 0 Å². The van der Waals surface area contributed by atoms with Crippen LogP contribution in [0.2, 0.25) is 0 Å². The predicted octanol–water partition coefficient (Wildman–Crippen LogP) is 5.65. The van der Waals surface area contributed by atoms with Gasteiger partial charge in [0.1, 0.15) is 22.6 Å². The van der Waals surface area contributed by atoms with Crippen molar-refractivity contribution in [3.05, 3.63) is 70.8 Å². The van der Waals surface area contributed by atoms with Crippen LogP contribution < -0.4 is 34.7 Å². The summed E-state index contributed by atoms with van der Waals surface area (Å²) in [6.07, 6.45) is 4.11. The molecule has 0 spiro atoms. The number of hydrogen-bond donors (Lipinski definition) is 1. The van der Waals surface area contributed by atoms with E-state index in [1.807, 2.05) is 6.07 Å². The lowest BCUT2D eigenvalue weighted by molar-refractivity contribution is 0.102. The number of amides is 1. The first-order chi connectivity index (χ1) is 20.0. The van der Waals surface area contributed by atoms with Gasteiger partial charge in [0.2, 0.25) is 5.55 Å². The minimum absolute atomic E-state index is 0.204. The van der Waals surface area contributed by atoms with E-state index < -0.39 is 0 Å². The zero-order valence-corrected chi connectivity index (χ0v) is 23.7. The maximum atomic E-state index is 13.8. The Hall–Kier alpha value is -4.66. The Kier molecular flexibility index (Phi) is 7.17. The van der Waals surface area contributed by atoms with Gasteiger partial charge in [-0.25, -0.2) is 4.99 Å².